The van der Waals surface area contributed by atoms with Gasteiger partial charge in [-0.25, -0.2) is 0 Å². The van der Waals surface area contributed by atoms with Gasteiger partial charge in [0.05, 0.1) is 0 Å². The van der Waals surface area contributed by atoms with E-state index in [4.69, 9.17) is 0 Å². The fourth-order valence-corrected chi connectivity index (χ4v) is 4.26. The van der Waals surface area contributed by atoms with Gasteiger partial charge in [0, 0.05) is 16.3 Å². The van der Waals surface area contributed by atoms with Crippen molar-refractivity contribution in [2.45, 2.75) is 41.6 Å². The van der Waals surface area contributed by atoms with Gasteiger partial charge in [0.25, 0.3) is 0 Å². The molecule has 0 atom stereocenters. The van der Waals surface area contributed by atoms with Gasteiger partial charge in [-0.3, -0.25) is 4.79 Å². The van der Waals surface area contributed by atoms with E-state index in [1.54, 1.807) is 23.5 Å². The standard InChI is InChI=1S/C19H23NOS2/c1-4-13-20-18(21)19(22-16-9-5-14(2)6-10-16)23-17-11-7-15(3)8-12-17/h5-12,19H,4,13H2,1-3H3,(H,20,21). The van der Waals surface area contributed by atoms with Gasteiger partial charge in [-0.05, 0) is 44.5 Å². The summed E-state index contributed by atoms with van der Waals surface area (Å²) in [6.45, 7) is 6.93. The number of hydrogen-bond acceptors (Lipinski definition) is 3. The zero-order chi connectivity index (χ0) is 16.7. The molecule has 2 aromatic carbocycles. The van der Waals surface area contributed by atoms with Crippen LogP contribution >= 0.6 is 23.5 Å². The molecule has 0 saturated heterocycles. The maximum Gasteiger partial charge on any atom is 0.244 e. The normalized spacial score (nSPS) is 10.8. The highest BCUT2D eigenvalue weighted by molar-refractivity contribution is 8.18. The van der Waals surface area contributed by atoms with Gasteiger partial charge in [-0.2, -0.15) is 0 Å². The Labute approximate surface area is 147 Å². The smallest absolute Gasteiger partial charge is 0.244 e. The van der Waals surface area contributed by atoms with Crippen molar-refractivity contribution in [3.05, 3.63) is 59.7 Å². The number of aryl methyl sites for hydroxylation is 2. The third-order valence-electron chi connectivity index (χ3n) is 3.29. The first kappa shape index (κ1) is 18.0. The lowest BCUT2D eigenvalue weighted by atomic mass is 10.2. The van der Waals surface area contributed by atoms with Crippen molar-refractivity contribution in [1.29, 1.82) is 0 Å². The van der Waals surface area contributed by atoms with Crippen molar-refractivity contribution < 1.29 is 4.79 Å². The fraction of sp³-hybridized carbons (Fsp3) is 0.316. The molecule has 122 valence electrons. The number of rotatable bonds is 7. The number of nitrogens with one attached hydrogen (secondary N) is 1. The molecule has 0 fully saturated rings. The predicted molar refractivity (Wildman–Crippen MR) is 101 cm³/mol. The van der Waals surface area contributed by atoms with E-state index in [1.807, 2.05) is 0 Å². The highest BCUT2D eigenvalue weighted by atomic mass is 32.2. The Morgan fingerprint density at radius 3 is 1.74 bits per heavy atom. The maximum absolute atomic E-state index is 12.5. The van der Waals surface area contributed by atoms with Crippen LogP contribution in [0.15, 0.2) is 58.3 Å². The molecule has 0 heterocycles. The molecule has 1 N–H and O–H groups in total. The van der Waals surface area contributed by atoms with Gasteiger partial charge < -0.3 is 5.32 Å². The average Bonchev–Trinajstić information content (AvgIpc) is 2.56. The summed E-state index contributed by atoms with van der Waals surface area (Å²) >= 11 is 3.21. The molecule has 2 aromatic rings. The Balaban J connectivity index is 2.11. The zero-order valence-corrected chi connectivity index (χ0v) is 15.5. The van der Waals surface area contributed by atoms with Crippen LogP contribution in [0.5, 0.6) is 0 Å². The Hall–Kier alpha value is -1.39. The van der Waals surface area contributed by atoms with E-state index < -0.39 is 0 Å². The van der Waals surface area contributed by atoms with Crippen LogP contribution in [0.3, 0.4) is 0 Å². The van der Waals surface area contributed by atoms with Crippen LogP contribution in [0, 0.1) is 13.8 Å². The number of thioether (sulfide) groups is 2. The van der Waals surface area contributed by atoms with Gasteiger partial charge in [0.1, 0.15) is 4.58 Å². The van der Waals surface area contributed by atoms with Crippen LogP contribution in [-0.2, 0) is 4.79 Å². The first-order chi connectivity index (χ1) is 11.1. The van der Waals surface area contributed by atoms with Gasteiger partial charge in [-0.1, -0.05) is 42.3 Å². The molecule has 23 heavy (non-hydrogen) atoms. The van der Waals surface area contributed by atoms with Gasteiger partial charge in [0.2, 0.25) is 5.91 Å². The molecule has 2 nitrogen and oxygen atoms in total. The highest BCUT2D eigenvalue weighted by Gasteiger charge is 2.21. The minimum atomic E-state index is -0.188. The van der Waals surface area contributed by atoms with Crippen molar-refractivity contribution in [2.24, 2.45) is 0 Å². The van der Waals surface area contributed by atoms with Crippen molar-refractivity contribution in [2.75, 3.05) is 6.54 Å². The molecule has 0 aliphatic rings. The lowest BCUT2D eigenvalue weighted by Crippen LogP contribution is -2.31. The van der Waals surface area contributed by atoms with Gasteiger partial charge >= 0.3 is 0 Å². The Morgan fingerprint density at radius 2 is 1.35 bits per heavy atom. The molecule has 4 heteroatoms. The highest BCUT2D eigenvalue weighted by Crippen LogP contribution is 2.35. The maximum atomic E-state index is 12.5. The van der Waals surface area contributed by atoms with Gasteiger partial charge in [-0.15, -0.1) is 23.5 Å². The summed E-state index contributed by atoms with van der Waals surface area (Å²) in [6.07, 6.45) is 0.947. The predicted octanol–water partition coefficient (Wildman–Crippen LogP) is 5.04. The van der Waals surface area contributed by atoms with E-state index in [9.17, 15) is 4.79 Å². The molecule has 0 spiro atoms. The molecule has 0 saturated carbocycles. The van der Waals surface area contributed by atoms with E-state index in [1.165, 1.54) is 11.1 Å². The topological polar surface area (TPSA) is 29.1 Å². The van der Waals surface area contributed by atoms with E-state index in [-0.39, 0.29) is 10.5 Å². The number of amides is 1. The second kappa shape index (κ2) is 9.04. The third-order valence-corrected chi connectivity index (χ3v) is 5.81. The lowest BCUT2D eigenvalue weighted by Gasteiger charge is -2.16. The molecule has 0 aliphatic heterocycles. The van der Waals surface area contributed by atoms with Crippen LogP contribution in [0.25, 0.3) is 0 Å². The van der Waals surface area contributed by atoms with Crippen LogP contribution < -0.4 is 5.32 Å². The summed E-state index contributed by atoms with van der Waals surface area (Å²) in [6, 6.07) is 16.6. The SMILES string of the molecule is CCCNC(=O)C(Sc1ccc(C)cc1)Sc1ccc(C)cc1. The number of carbonyl (C=O) groups excluding carboxylic acids is 1. The summed E-state index contributed by atoms with van der Waals surface area (Å²) in [5, 5.41) is 3.02. The number of carbonyl (C=O) groups is 1. The Kier molecular flexibility index (Phi) is 7.06. The van der Waals surface area contributed by atoms with Gasteiger partial charge in [0.15, 0.2) is 0 Å². The molecular weight excluding hydrogens is 322 g/mol. The van der Waals surface area contributed by atoms with Crippen LogP contribution in [0.4, 0.5) is 0 Å². The fourth-order valence-electron chi connectivity index (χ4n) is 1.94. The average molecular weight is 346 g/mol. The summed E-state index contributed by atoms with van der Waals surface area (Å²) in [7, 11) is 0. The molecule has 0 unspecified atom stereocenters. The second-order valence-corrected chi connectivity index (χ2v) is 8.14. The second-order valence-electron chi connectivity index (χ2n) is 5.48. The molecule has 0 radical (unpaired) electrons. The van der Waals surface area contributed by atoms with Crippen molar-refractivity contribution in [1.82, 2.24) is 5.32 Å². The number of benzene rings is 2. The molecule has 2 rings (SSSR count). The lowest BCUT2D eigenvalue weighted by molar-refractivity contribution is -0.119. The van der Waals surface area contributed by atoms with E-state index in [0.717, 1.165) is 22.8 Å². The first-order valence-electron chi connectivity index (χ1n) is 7.83. The van der Waals surface area contributed by atoms with E-state index in [2.05, 4.69) is 74.6 Å². The molecular formula is C19H23NOS2. The molecule has 0 bridgehead atoms. The molecule has 0 aromatic heterocycles. The summed E-state index contributed by atoms with van der Waals surface area (Å²) in [5.74, 6) is 0.0861. The summed E-state index contributed by atoms with van der Waals surface area (Å²) in [5.41, 5.74) is 2.46. The Bertz CT molecular complexity index is 575. The summed E-state index contributed by atoms with van der Waals surface area (Å²) in [4.78, 5) is 14.7. The van der Waals surface area contributed by atoms with Crippen LogP contribution in [0.1, 0.15) is 24.5 Å². The summed E-state index contributed by atoms with van der Waals surface area (Å²) < 4.78 is -0.188. The quantitative estimate of drug-likeness (QED) is 0.563. The monoisotopic (exact) mass is 345 g/mol. The Morgan fingerprint density at radius 1 is 0.913 bits per heavy atom. The minimum Gasteiger partial charge on any atom is -0.354 e. The zero-order valence-electron chi connectivity index (χ0n) is 13.8. The number of hydrogen-bond donors (Lipinski definition) is 1. The van der Waals surface area contributed by atoms with Crippen LogP contribution in [0.2, 0.25) is 0 Å². The molecule has 0 aliphatic carbocycles. The van der Waals surface area contributed by atoms with Crippen molar-refractivity contribution in [3.63, 3.8) is 0 Å². The third kappa shape index (κ3) is 5.96. The van der Waals surface area contributed by atoms with Crippen molar-refractivity contribution in [3.8, 4) is 0 Å². The minimum absolute atomic E-state index is 0.0861. The van der Waals surface area contributed by atoms with Crippen LogP contribution in [-0.4, -0.2) is 17.0 Å². The van der Waals surface area contributed by atoms with Crippen molar-refractivity contribution >= 4 is 29.4 Å². The van der Waals surface area contributed by atoms with E-state index >= 15 is 0 Å². The largest absolute Gasteiger partial charge is 0.354 e. The van der Waals surface area contributed by atoms with E-state index in [0.29, 0.717) is 0 Å². The first-order valence-corrected chi connectivity index (χ1v) is 9.59. The molecule has 1 amide bonds.